The molecule has 4 fully saturated rings. The van der Waals surface area contributed by atoms with Crippen LogP contribution in [0.2, 0.25) is 0 Å². The molecule has 0 amide bonds. The monoisotopic (exact) mass is 375 g/mol. The second kappa shape index (κ2) is 7.62. The second-order valence-electron chi connectivity index (χ2n) is 9.25. The van der Waals surface area contributed by atoms with Crippen molar-refractivity contribution in [3.05, 3.63) is 71.8 Å². The number of piperazine rings is 1. The van der Waals surface area contributed by atoms with E-state index < -0.39 is 0 Å². The number of hydrogen-bond acceptors (Lipinski definition) is 3. The highest BCUT2D eigenvalue weighted by Crippen LogP contribution is 2.53. The summed E-state index contributed by atoms with van der Waals surface area (Å²) in [5, 5.41) is 3.90. The van der Waals surface area contributed by atoms with Gasteiger partial charge in [-0.1, -0.05) is 60.7 Å². The molecule has 148 valence electrons. The Morgan fingerprint density at radius 1 is 0.786 bits per heavy atom. The lowest BCUT2D eigenvalue weighted by atomic mass is 9.61. The number of nitrogens with one attached hydrogen (secondary N) is 1. The molecule has 1 N–H and O–H groups in total. The van der Waals surface area contributed by atoms with Gasteiger partial charge in [-0.3, -0.25) is 4.90 Å². The summed E-state index contributed by atoms with van der Waals surface area (Å²) in [6.07, 6.45) is 2.59. The van der Waals surface area contributed by atoms with Gasteiger partial charge >= 0.3 is 0 Å². The smallest absolute Gasteiger partial charge is 0.0346 e. The van der Waals surface area contributed by atoms with Crippen molar-refractivity contribution in [1.82, 2.24) is 15.1 Å². The number of rotatable bonds is 3. The van der Waals surface area contributed by atoms with E-state index >= 15 is 0 Å². The Labute approximate surface area is 169 Å². The first kappa shape index (κ1) is 18.4. The van der Waals surface area contributed by atoms with Crippen LogP contribution >= 0.6 is 0 Å². The van der Waals surface area contributed by atoms with Gasteiger partial charge in [0.25, 0.3) is 0 Å². The maximum absolute atomic E-state index is 3.90. The molecule has 2 unspecified atom stereocenters. The molecule has 4 aliphatic rings. The van der Waals surface area contributed by atoms with Crippen LogP contribution in [0.25, 0.3) is 0 Å². The highest BCUT2D eigenvalue weighted by Gasteiger charge is 2.51. The summed E-state index contributed by atoms with van der Waals surface area (Å²) in [6.45, 7) is 7.06. The molecular formula is C25H33N3. The number of hydrogen-bond donors (Lipinski definition) is 1. The van der Waals surface area contributed by atoms with Crippen molar-refractivity contribution in [1.29, 1.82) is 0 Å². The number of fused-ring (bicyclic) bond motifs is 4. The topological polar surface area (TPSA) is 18.5 Å². The molecule has 2 atom stereocenters. The summed E-state index contributed by atoms with van der Waals surface area (Å²) >= 11 is 0. The fourth-order valence-corrected chi connectivity index (χ4v) is 6.17. The molecule has 0 radical (unpaired) electrons. The quantitative estimate of drug-likeness (QED) is 0.885. The third-order valence-electron chi connectivity index (χ3n) is 7.70. The van der Waals surface area contributed by atoms with Crippen LogP contribution in [-0.4, -0.2) is 61.7 Å². The van der Waals surface area contributed by atoms with Crippen LogP contribution < -0.4 is 5.32 Å². The van der Waals surface area contributed by atoms with E-state index in [2.05, 4.69) is 82.8 Å². The van der Waals surface area contributed by atoms with Gasteiger partial charge in [0, 0.05) is 38.3 Å². The lowest BCUT2D eigenvalue weighted by molar-refractivity contribution is 0.00383. The minimum atomic E-state index is 0.273. The zero-order valence-electron chi connectivity index (χ0n) is 17.1. The molecule has 3 heteroatoms. The van der Waals surface area contributed by atoms with E-state index in [1.54, 1.807) is 0 Å². The van der Waals surface area contributed by atoms with Gasteiger partial charge in [-0.2, -0.15) is 0 Å². The zero-order valence-corrected chi connectivity index (χ0v) is 17.1. The Kier molecular flexibility index (Phi) is 5.00. The molecule has 6 rings (SSSR count). The van der Waals surface area contributed by atoms with E-state index in [0.29, 0.717) is 17.8 Å². The summed E-state index contributed by atoms with van der Waals surface area (Å²) in [7, 11) is 2.26. The Balaban J connectivity index is 1.55. The lowest BCUT2D eigenvalue weighted by Gasteiger charge is -2.53. The molecule has 2 aromatic rings. The lowest BCUT2D eigenvalue weighted by Crippen LogP contribution is -2.61. The Morgan fingerprint density at radius 2 is 1.32 bits per heavy atom. The summed E-state index contributed by atoms with van der Waals surface area (Å²) in [5.74, 6) is 1.94. The van der Waals surface area contributed by atoms with Crippen molar-refractivity contribution < 1.29 is 0 Å². The van der Waals surface area contributed by atoms with Gasteiger partial charge in [-0.15, -0.1) is 0 Å². The highest BCUT2D eigenvalue weighted by molar-refractivity contribution is 5.31. The molecule has 3 saturated heterocycles. The van der Waals surface area contributed by atoms with E-state index in [9.17, 15) is 0 Å². The Morgan fingerprint density at radius 3 is 1.86 bits per heavy atom. The highest BCUT2D eigenvalue weighted by atomic mass is 15.3. The maximum Gasteiger partial charge on any atom is 0.0346 e. The van der Waals surface area contributed by atoms with E-state index in [1.165, 1.54) is 50.1 Å². The van der Waals surface area contributed by atoms with Crippen LogP contribution in [0.15, 0.2) is 60.7 Å². The predicted octanol–water partition coefficient (Wildman–Crippen LogP) is 3.55. The first-order chi connectivity index (χ1) is 13.8. The van der Waals surface area contributed by atoms with Crippen LogP contribution in [0.4, 0.5) is 0 Å². The van der Waals surface area contributed by atoms with Gasteiger partial charge in [0.15, 0.2) is 0 Å². The number of likely N-dealkylation sites (N-methyl/N-ethyl adjacent to an activating group) is 1. The fourth-order valence-electron chi connectivity index (χ4n) is 6.17. The molecule has 3 heterocycles. The van der Waals surface area contributed by atoms with Gasteiger partial charge in [0.2, 0.25) is 0 Å². The maximum atomic E-state index is 3.90. The van der Waals surface area contributed by atoms with Crippen molar-refractivity contribution in [3.8, 4) is 0 Å². The predicted molar refractivity (Wildman–Crippen MR) is 116 cm³/mol. The van der Waals surface area contributed by atoms with Crippen LogP contribution in [0, 0.1) is 5.92 Å². The van der Waals surface area contributed by atoms with E-state index in [-0.39, 0.29) is 5.54 Å². The summed E-state index contributed by atoms with van der Waals surface area (Å²) in [5.41, 5.74) is 3.35. The van der Waals surface area contributed by atoms with E-state index in [0.717, 1.165) is 13.1 Å². The molecule has 28 heavy (non-hydrogen) atoms. The third-order valence-corrected chi connectivity index (χ3v) is 7.70. The van der Waals surface area contributed by atoms with E-state index in [4.69, 9.17) is 0 Å². The second-order valence-corrected chi connectivity index (χ2v) is 9.25. The van der Waals surface area contributed by atoms with Crippen molar-refractivity contribution in [2.24, 2.45) is 5.92 Å². The summed E-state index contributed by atoms with van der Waals surface area (Å²) in [6, 6.07) is 22.7. The number of benzene rings is 2. The standard InChI is InChI=1S/C25H33N3/c1-27-12-14-28(15-13-27)25-16-22(20-8-4-2-5-9-20)24(18-26-19-25)23(17-25)21-10-6-3-7-11-21/h2-11,22-24,26H,12-19H2,1H3. The molecule has 1 aliphatic carbocycles. The van der Waals surface area contributed by atoms with Gasteiger partial charge in [0.05, 0.1) is 0 Å². The summed E-state index contributed by atoms with van der Waals surface area (Å²) in [4.78, 5) is 5.32. The average molecular weight is 376 g/mol. The first-order valence-corrected chi connectivity index (χ1v) is 11.0. The SMILES string of the molecule is CN1CCN(C23CNCC(C(c4ccccc4)C2)C(c2ccccc2)C3)CC1. The molecular weight excluding hydrogens is 342 g/mol. The zero-order chi connectivity index (χ0) is 19.0. The molecule has 2 bridgehead atoms. The van der Waals surface area contributed by atoms with Crippen molar-refractivity contribution in [3.63, 3.8) is 0 Å². The molecule has 0 spiro atoms. The molecule has 0 aromatic heterocycles. The minimum absolute atomic E-state index is 0.273. The largest absolute Gasteiger partial charge is 0.315 e. The molecule has 3 nitrogen and oxygen atoms in total. The molecule has 1 saturated carbocycles. The van der Waals surface area contributed by atoms with Crippen molar-refractivity contribution in [2.75, 3.05) is 46.3 Å². The van der Waals surface area contributed by atoms with Gasteiger partial charge < -0.3 is 10.2 Å². The minimum Gasteiger partial charge on any atom is -0.315 e. The fraction of sp³-hybridized carbons (Fsp3) is 0.520. The Hall–Kier alpha value is -1.68. The van der Waals surface area contributed by atoms with Crippen molar-refractivity contribution >= 4 is 0 Å². The average Bonchev–Trinajstić information content (AvgIpc) is 3.07. The normalized spacial score (nSPS) is 34.2. The van der Waals surface area contributed by atoms with Crippen LogP contribution in [-0.2, 0) is 0 Å². The van der Waals surface area contributed by atoms with Crippen molar-refractivity contribution in [2.45, 2.75) is 30.2 Å². The van der Waals surface area contributed by atoms with Gasteiger partial charge in [0.1, 0.15) is 0 Å². The summed E-state index contributed by atoms with van der Waals surface area (Å²) < 4.78 is 0. The van der Waals surface area contributed by atoms with Crippen LogP contribution in [0.3, 0.4) is 0 Å². The number of nitrogens with zero attached hydrogens (tertiary/aromatic N) is 2. The molecule has 3 aliphatic heterocycles. The first-order valence-electron chi connectivity index (χ1n) is 11.0. The van der Waals surface area contributed by atoms with Gasteiger partial charge in [-0.05, 0) is 55.3 Å². The van der Waals surface area contributed by atoms with Crippen LogP contribution in [0.1, 0.15) is 35.8 Å². The third kappa shape index (κ3) is 3.30. The van der Waals surface area contributed by atoms with E-state index in [1.807, 2.05) is 0 Å². The molecule has 2 aromatic carbocycles. The van der Waals surface area contributed by atoms with Gasteiger partial charge in [-0.25, -0.2) is 0 Å². The Bertz CT molecular complexity index is 717. The van der Waals surface area contributed by atoms with Crippen LogP contribution in [0.5, 0.6) is 0 Å².